The van der Waals surface area contributed by atoms with Crippen LogP contribution in [0, 0.1) is 0 Å². The van der Waals surface area contributed by atoms with Gasteiger partial charge in [-0.2, -0.15) is 0 Å². The molecule has 0 unspecified atom stereocenters. The molecule has 0 aliphatic carbocycles. The van der Waals surface area contributed by atoms with Gasteiger partial charge in [-0.3, -0.25) is 0 Å². The predicted octanol–water partition coefficient (Wildman–Crippen LogP) is 9.11. The van der Waals surface area contributed by atoms with Crippen molar-refractivity contribution in [3.05, 3.63) is 121 Å². The molecule has 3 aromatic heterocycles. The average molecular weight is 689 g/mol. The van der Waals surface area contributed by atoms with Gasteiger partial charge < -0.3 is 0 Å². The van der Waals surface area contributed by atoms with Gasteiger partial charge in [0, 0.05) is 0 Å². The monoisotopic (exact) mass is 692 g/mol. The molecule has 9 aromatic rings. The van der Waals surface area contributed by atoms with Crippen LogP contribution in [0.2, 0.25) is 0 Å². The van der Waals surface area contributed by atoms with Crippen molar-refractivity contribution in [2.75, 3.05) is 0 Å². The molecule has 3 heterocycles. The first-order valence-corrected chi connectivity index (χ1v) is 18.2. The second-order valence-corrected chi connectivity index (χ2v) is 16.6. The Morgan fingerprint density at radius 1 is 0.256 bits per heavy atom. The van der Waals surface area contributed by atoms with Crippen molar-refractivity contribution in [2.24, 2.45) is 0 Å². The van der Waals surface area contributed by atoms with Gasteiger partial charge in [-0.15, -0.1) is 0 Å². The number of benzene rings is 6. The Bertz CT molecular complexity index is 2230. The molecule has 0 saturated heterocycles. The number of fused-ring (bicyclic) bond motifs is 9. The van der Waals surface area contributed by atoms with Gasteiger partial charge in [0.25, 0.3) is 0 Å². The molecule has 0 N–H and O–H groups in total. The van der Waals surface area contributed by atoms with Crippen LogP contribution in [-0.4, -0.2) is 43.5 Å². The van der Waals surface area contributed by atoms with Crippen molar-refractivity contribution in [2.45, 2.75) is 0 Å². The molecule has 0 amide bonds. The van der Waals surface area contributed by atoms with Crippen LogP contribution in [0.5, 0.6) is 0 Å². The van der Waals surface area contributed by atoms with Gasteiger partial charge >= 0.3 is 245 Å². The van der Waals surface area contributed by atoms with Gasteiger partial charge in [0.2, 0.25) is 0 Å². The minimum atomic E-state index is 0.250. The maximum atomic E-state index is 2.38. The van der Waals surface area contributed by atoms with E-state index in [9.17, 15) is 0 Å². The van der Waals surface area contributed by atoms with E-state index in [0.717, 1.165) is 0 Å². The van der Waals surface area contributed by atoms with Crippen molar-refractivity contribution >= 4 is 101 Å². The van der Waals surface area contributed by atoms with E-state index >= 15 is 0 Å². The molecule has 0 aliphatic heterocycles. The summed E-state index contributed by atoms with van der Waals surface area (Å²) in [6, 6.07) is 45.9. The average Bonchev–Trinajstić information content (AvgIpc) is 3.68. The molecule has 0 saturated carbocycles. The number of rotatable bonds is 2. The first-order valence-electron chi connectivity index (χ1n) is 13.1. The fourth-order valence-corrected chi connectivity index (χ4v) is 14.2. The van der Waals surface area contributed by atoms with Crippen molar-refractivity contribution < 1.29 is 0 Å². The number of hydrogen-bond donors (Lipinski definition) is 0. The quantitative estimate of drug-likeness (QED) is 0.159. The Kier molecular flexibility index (Phi) is 5.05. The first kappa shape index (κ1) is 22.7. The third-order valence-electron chi connectivity index (χ3n) is 7.91. The fourth-order valence-electron chi connectivity index (χ4n) is 6.16. The predicted molar refractivity (Wildman–Crippen MR) is 173 cm³/mol. The summed E-state index contributed by atoms with van der Waals surface area (Å²) in [5, 5.41) is 8.60. The standard InChI is InChI=1S/C36H20Se3/c1-3-19-31-21(9-1)23-11-5-13-25(33(23)37-31)27-15-7-17-29-30-18-8-16-28(36(30)39-35(27)29)26-14-6-12-24-22-10-2-4-20-32(22)38-34(24)26/h1-20H. The molecule has 0 fully saturated rings. The molecule has 9 rings (SSSR count). The Balaban J connectivity index is 1.34. The third-order valence-corrected chi connectivity index (χ3v) is 15.7. The van der Waals surface area contributed by atoms with Crippen molar-refractivity contribution in [3.63, 3.8) is 0 Å². The number of hydrogen-bond acceptors (Lipinski definition) is 0. The summed E-state index contributed by atoms with van der Waals surface area (Å²) < 4.78 is 9.22. The van der Waals surface area contributed by atoms with E-state index in [1.165, 1.54) is 63.1 Å². The second kappa shape index (κ2) is 8.69. The molecule has 6 aromatic carbocycles. The molecule has 3 heteroatoms. The normalized spacial score (nSPS) is 12.1. The van der Waals surface area contributed by atoms with E-state index < -0.39 is 0 Å². The summed E-state index contributed by atoms with van der Waals surface area (Å²) >= 11 is 0.938. The van der Waals surface area contributed by atoms with Crippen LogP contribution in [0.3, 0.4) is 0 Å². The Morgan fingerprint density at radius 3 is 0.974 bits per heavy atom. The molecule has 0 bridgehead atoms. The van der Waals surface area contributed by atoms with E-state index in [1.807, 2.05) is 0 Å². The van der Waals surface area contributed by atoms with E-state index in [4.69, 9.17) is 0 Å². The van der Waals surface area contributed by atoms with Crippen LogP contribution in [0.15, 0.2) is 121 Å². The topological polar surface area (TPSA) is 0 Å². The molecule has 0 nitrogen and oxygen atoms in total. The summed E-state index contributed by atoms with van der Waals surface area (Å²) in [6.45, 7) is 0. The van der Waals surface area contributed by atoms with Crippen LogP contribution in [0.25, 0.3) is 80.1 Å². The van der Waals surface area contributed by atoms with Crippen LogP contribution in [-0.2, 0) is 0 Å². The molecular formula is C36H20Se3. The molecular weight excluding hydrogens is 669 g/mol. The van der Waals surface area contributed by atoms with Gasteiger partial charge in [-0.05, 0) is 0 Å². The minimum absolute atomic E-state index is 0.250. The first-order chi connectivity index (χ1) is 19.3. The van der Waals surface area contributed by atoms with E-state index in [1.54, 1.807) is 17.0 Å². The summed E-state index contributed by atoms with van der Waals surface area (Å²) in [5.41, 5.74) is 5.76. The van der Waals surface area contributed by atoms with Crippen molar-refractivity contribution in [1.82, 2.24) is 0 Å². The second-order valence-electron chi connectivity index (χ2n) is 10.0. The molecule has 182 valence electrons. The Morgan fingerprint density at radius 2 is 0.564 bits per heavy atom. The van der Waals surface area contributed by atoms with Crippen LogP contribution in [0.1, 0.15) is 0 Å². The van der Waals surface area contributed by atoms with Crippen molar-refractivity contribution in [1.29, 1.82) is 0 Å². The molecule has 0 atom stereocenters. The summed E-state index contributed by atoms with van der Waals surface area (Å²) in [7, 11) is 0. The van der Waals surface area contributed by atoms with Gasteiger partial charge in [0.05, 0.1) is 0 Å². The third kappa shape index (κ3) is 3.30. The van der Waals surface area contributed by atoms with Crippen LogP contribution < -0.4 is 0 Å². The Labute approximate surface area is 243 Å². The maximum absolute atomic E-state index is 2.38. The van der Waals surface area contributed by atoms with Gasteiger partial charge in [0.1, 0.15) is 0 Å². The van der Waals surface area contributed by atoms with E-state index in [-0.39, 0.29) is 14.5 Å². The summed E-state index contributed by atoms with van der Waals surface area (Å²) in [6.07, 6.45) is 0. The zero-order chi connectivity index (χ0) is 25.5. The Hall–Kier alpha value is -3.12. The fraction of sp³-hybridized carbons (Fsp3) is 0. The summed E-state index contributed by atoms with van der Waals surface area (Å²) in [5.74, 6) is 0. The molecule has 0 aliphatic rings. The van der Waals surface area contributed by atoms with Crippen molar-refractivity contribution in [3.8, 4) is 22.3 Å². The zero-order valence-electron chi connectivity index (χ0n) is 20.8. The van der Waals surface area contributed by atoms with Gasteiger partial charge in [0.15, 0.2) is 0 Å². The van der Waals surface area contributed by atoms with Crippen LogP contribution in [0.4, 0.5) is 0 Å². The van der Waals surface area contributed by atoms with E-state index in [2.05, 4.69) is 121 Å². The summed E-state index contributed by atoms with van der Waals surface area (Å²) in [4.78, 5) is 0. The molecule has 0 spiro atoms. The van der Waals surface area contributed by atoms with Gasteiger partial charge in [-0.25, -0.2) is 0 Å². The van der Waals surface area contributed by atoms with E-state index in [0.29, 0.717) is 29.0 Å². The van der Waals surface area contributed by atoms with Gasteiger partial charge in [-0.1, -0.05) is 0 Å². The van der Waals surface area contributed by atoms with Crippen LogP contribution >= 0.6 is 0 Å². The molecule has 0 radical (unpaired) electrons. The SMILES string of the molecule is c1ccc2c(c1)[se]c1c(-c3cccc4c3[se]c3c(-c5cccc6c5[se]c5ccccc56)cccc34)cccc12. The molecule has 39 heavy (non-hydrogen) atoms. The zero-order valence-corrected chi connectivity index (χ0v) is 25.9.